The molecule has 0 saturated carbocycles. The summed E-state index contributed by atoms with van der Waals surface area (Å²) in [5.41, 5.74) is 5.89. The van der Waals surface area contributed by atoms with E-state index in [4.69, 9.17) is 0 Å². The predicted molar refractivity (Wildman–Crippen MR) is 86.0 cm³/mol. The number of benzene rings is 3. The summed E-state index contributed by atoms with van der Waals surface area (Å²) in [4.78, 5) is 0. The molecule has 3 aromatic rings. The van der Waals surface area contributed by atoms with Gasteiger partial charge in [0.15, 0.2) is 0 Å². The van der Waals surface area contributed by atoms with E-state index in [-0.39, 0.29) is 0 Å². The molecule has 0 aromatic heterocycles. The topological polar surface area (TPSA) is 0 Å². The zero-order valence-electron chi connectivity index (χ0n) is 11.8. The van der Waals surface area contributed by atoms with Gasteiger partial charge in [0.1, 0.15) is 0 Å². The number of hydrogen-bond donors (Lipinski definition) is 0. The van der Waals surface area contributed by atoms with Crippen LogP contribution in [0, 0.1) is 5.92 Å². The van der Waals surface area contributed by atoms with Crippen molar-refractivity contribution in [3.05, 3.63) is 71.8 Å². The fraction of sp³-hybridized carbons (Fsp3) is 0.200. The lowest BCUT2D eigenvalue weighted by Gasteiger charge is -2.13. The van der Waals surface area contributed by atoms with Crippen LogP contribution in [0.1, 0.15) is 18.1 Å². The average molecular weight is 258 g/mol. The standard InChI is InChI=1S/C20H18/c1-14-12-16-7-3-5-9-18(16)19-11-10-15-6-2-4-8-17(15)20(19)13-14/h2-11,14H,12-13H2,1H3. The summed E-state index contributed by atoms with van der Waals surface area (Å²) >= 11 is 0. The Morgan fingerprint density at radius 1 is 0.750 bits per heavy atom. The van der Waals surface area contributed by atoms with Gasteiger partial charge in [-0.05, 0) is 51.8 Å². The maximum absolute atomic E-state index is 2.37. The number of fused-ring (bicyclic) bond motifs is 5. The molecule has 1 unspecified atom stereocenters. The molecule has 0 nitrogen and oxygen atoms in total. The third-order valence-corrected chi connectivity index (χ3v) is 4.47. The van der Waals surface area contributed by atoms with Crippen LogP contribution in [0.4, 0.5) is 0 Å². The van der Waals surface area contributed by atoms with Crippen LogP contribution in [-0.4, -0.2) is 0 Å². The zero-order valence-corrected chi connectivity index (χ0v) is 11.8. The maximum atomic E-state index is 2.37. The number of rotatable bonds is 0. The van der Waals surface area contributed by atoms with Crippen LogP contribution in [0.2, 0.25) is 0 Å². The van der Waals surface area contributed by atoms with Crippen molar-refractivity contribution < 1.29 is 0 Å². The normalized spacial score (nSPS) is 17.4. The fourth-order valence-corrected chi connectivity index (χ4v) is 3.57. The predicted octanol–water partition coefficient (Wildman–Crippen LogP) is 5.24. The van der Waals surface area contributed by atoms with Crippen LogP contribution in [0.15, 0.2) is 60.7 Å². The summed E-state index contributed by atoms with van der Waals surface area (Å²) in [6.07, 6.45) is 2.35. The van der Waals surface area contributed by atoms with E-state index in [2.05, 4.69) is 67.6 Å². The van der Waals surface area contributed by atoms with Gasteiger partial charge in [0.05, 0.1) is 0 Å². The Balaban J connectivity index is 2.09. The van der Waals surface area contributed by atoms with E-state index in [0.29, 0.717) is 5.92 Å². The minimum atomic E-state index is 0.697. The molecule has 0 spiro atoms. The Kier molecular flexibility index (Phi) is 2.63. The van der Waals surface area contributed by atoms with Gasteiger partial charge in [0.2, 0.25) is 0 Å². The van der Waals surface area contributed by atoms with E-state index < -0.39 is 0 Å². The van der Waals surface area contributed by atoms with E-state index in [1.165, 1.54) is 45.9 Å². The van der Waals surface area contributed by atoms with Crippen molar-refractivity contribution in [2.24, 2.45) is 5.92 Å². The van der Waals surface area contributed by atoms with Crippen LogP contribution in [0.5, 0.6) is 0 Å². The van der Waals surface area contributed by atoms with Crippen LogP contribution in [-0.2, 0) is 12.8 Å². The second-order valence-corrected chi connectivity index (χ2v) is 5.98. The molecule has 0 bridgehead atoms. The molecule has 0 fully saturated rings. The van der Waals surface area contributed by atoms with Crippen molar-refractivity contribution in [3.8, 4) is 11.1 Å². The van der Waals surface area contributed by atoms with Gasteiger partial charge in [-0.1, -0.05) is 67.6 Å². The average Bonchev–Trinajstić information content (AvgIpc) is 2.62. The van der Waals surface area contributed by atoms with Crippen LogP contribution >= 0.6 is 0 Å². The van der Waals surface area contributed by atoms with Gasteiger partial charge in [-0.15, -0.1) is 0 Å². The summed E-state index contributed by atoms with van der Waals surface area (Å²) in [5, 5.41) is 2.78. The van der Waals surface area contributed by atoms with Gasteiger partial charge in [-0.2, -0.15) is 0 Å². The van der Waals surface area contributed by atoms with Gasteiger partial charge >= 0.3 is 0 Å². The summed E-state index contributed by atoms with van der Waals surface area (Å²) < 4.78 is 0. The third-order valence-electron chi connectivity index (χ3n) is 4.47. The highest BCUT2D eigenvalue weighted by atomic mass is 14.2. The summed E-state index contributed by atoms with van der Waals surface area (Å²) in [6, 6.07) is 22.2. The molecule has 4 rings (SSSR count). The lowest BCUT2D eigenvalue weighted by atomic mass is 9.91. The van der Waals surface area contributed by atoms with Crippen molar-refractivity contribution in [3.63, 3.8) is 0 Å². The van der Waals surface area contributed by atoms with Crippen molar-refractivity contribution >= 4 is 10.8 Å². The molecule has 1 aliphatic rings. The molecule has 0 aliphatic heterocycles. The smallest absolute Gasteiger partial charge is 0.0143 e. The van der Waals surface area contributed by atoms with Gasteiger partial charge < -0.3 is 0 Å². The second-order valence-electron chi connectivity index (χ2n) is 5.98. The highest BCUT2D eigenvalue weighted by Gasteiger charge is 2.19. The Hall–Kier alpha value is -2.08. The van der Waals surface area contributed by atoms with Gasteiger partial charge in [-0.25, -0.2) is 0 Å². The first-order chi connectivity index (χ1) is 9.83. The minimum absolute atomic E-state index is 0.697. The molecule has 1 aliphatic carbocycles. The van der Waals surface area contributed by atoms with Crippen LogP contribution in [0.3, 0.4) is 0 Å². The van der Waals surface area contributed by atoms with E-state index >= 15 is 0 Å². The monoisotopic (exact) mass is 258 g/mol. The van der Waals surface area contributed by atoms with Gasteiger partial charge in [0, 0.05) is 0 Å². The quantitative estimate of drug-likeness (QED) is 0.517. The van der Waals surface area contributed by atoms with Gasteiger partial charge in [0.25, 0.3) is 0 Å². The van der Waals surface area contributed by atoms with Crippen LogP contribution < -0.4 is 0 Å². The molecule has 20 heavy (non-hydrogen) atoms. The Morgan fingerprint density at radius 2 is 1.55 bits per heavy atom. The van der Waals surface area contributed by atoms with Crippen molar-refractivity contribution in [1.29, 1.82) is 0 Å². The molecule has 0 N–H and O–H groups in total. The fourth-order valence-electron chi connectivity index (χ4n) is 3.57. The molecular formula is C20H18. The largest absolute Gasteiger partial charge is 0.0620 e. The third kappa shape index (κ3) is 1.76. The Morgan fingerprint density at radius 3 is 2.50 bits per heavy atom. The van der Waals surface area contributed by atoms with E-state index in [0.717, 1.165) is 0 Å². The Labute approximate surface area is 120 Å². The molecule has 1 atom stereocenters. The molecule has 0 amide bonds. The van der Waals surface area contributed by atoms with E-state index in [1.54, 1.807) is 0 Å². The molecule has 98 valence electrons. The first kappa shape index (κ1) is 11.7. The van der Waals surface area contributed by atoms with E-state index in [1.807, 2.05) is 0 Å². The van der Waals surface area contributed by atoms with Crippen molar-refractivity contribution in [2.75, 3.05) is 0 Å². The molecule has 3 aromatic carbocycles. The molecule has 0 heteroatoms. The van der Waals surface area contributed by atoms with E-state index in [9.17, 15) is 0 Å². The SMILES string of the molecule is CC1Cc2ccccc2-c2ccc3ccccc3c2C1. The Bertz CT molecular complexity index is 783. The molecule has 0 heterocycles. The first-order valence-electron chi connectivity index (χ1n) is 7.42. The summed E-state index contributed by atoms with van der Waals surface area (Å²) in [5.74, 6) is 0.697. The first-order valence-corrected chi connectivity index (χ1v) is 7.42. The van der Waals surface area contributed by atoms with Crippen molar-refractivity contribution in [2.45, 2.75) is 19.8 Å². The van der Waals surface area contributed by atoms with Crippen molar-refractivity contribution in [1.82, 2.24) is 0 Å². The molecular weight excluding hydrogens is 240 g/mol. The summed E-state index contributed by atoms with van der Waals surface area (Å²) in [7, 11) is 0. The second kappa shape index (κ2) is 4.49. The maximum Gasteiger partial charge on any atom is -0.0143 e. The van der Waals surface area contributed by atoms with Crippen LogP contribution in [0.25, 0.3) is 21.9 Å². The molecule has 0 saturated heterocycles. The highest BCUT2D eigenvalue weighted by molar-refractivity contribution is 5.92. The zero-order chi connectivity index (χ0) is 13.5. The molecule has 0 radical (unpaired) electrons. The highest BCUT2D eigenvalue weighted by Crippen LogP contribution is 2.37. The minimum Gasteiger partial charge on any atom is -0.0620 e. The lowest BCUT2D eigenvalue weighted by Crippen LogP contribution is -2.01. The van der Waals surface area contributed by atoms with Gasteiger partial charge in [-0.3, -0.25) is 0 Å². The summed E-state index contributed by atoms with van der Waals surface area (Å²) in [6.45, 7) is 2.37. The number of hydrogen-bond acceptors (Lipinski definition) is 0. The lowest BCUT2D eigenvalue weighted by molar-refractivity contribution is 0.586.